The number of aliphatic carboxylic acids is 1. The highest BCUT2D eigenvalue weighted by atomic mass is 16.5. The Bertz CT molecular complexity index is 1130. The normalized spacial score (nSPS) is 17.1. The van der Waals surface area contributed by atoms with E-state index in [0.29, 0.717) is 6.42 Å². The number of carbonyl (C=O) groups excluding carboxylic acids is 1. The van der Waals surface area contributed by atoms with Gasteiger partial charge in [-0.3, -0.25) is 9.59 Å². The molecule has 0 aliphatic heterocycles. The summed E-state index contributed by atoms with van der Waals surface area (Å²) < 4.78 is 5.79. The number of amides is 1. The molecule has 0 saturated heterocycles. The van der Waals surface area contributed by atoms with Crippen LogP contribution in [-0.2, 0) is 14.3 Å². The van der Waals surface area contributed by atoms with Crippen molar-refractivity contribution in [1.29, 1.82) is 0 Å². The lowest BCUT2D eigenvalue weighted by atomic mass is 9.84. The third kappa shape index (κ3) is 4.06. The van der Waals surface area contributed by atoms with E-state index < -0.39 is 18.4 Å². The van der Waals surface area contributed by atoms with E-state index in [1.54, 1.807) is 0 Å². The van der Waals surface area contributed by atoms with Crippen molar-refractivity contribution < 1.29 is 24.5 Å². The van der Waals surface area contributed by atoms with Crippen molar-refractivity contribution in [2.75, 3.05) is 13.2 Å². The van der Waals surface area contributed by atoms with Crippen LogP contribution in [-0.4, -0.2) is 40.2 Å². The van der Waals surface area contributed by atoms with Gasteiger partial charge in [-0.25, -0.2) is 0 Å². The summed E-state index contributed by atoms with van der Waals surface area (Å²) in [7, 11) is 0. The Morgan fingerprint density at radius 2 is 1.93 bits per heavy atom. The van der Waals surface area contributed by atoms with Gasteiger partial charge in [-0.1, -0.05) is 42.5 Å². The minimum absolute atomic E-state index is 0.134. The lowest BCUT2D eigenvalue weighted by Gasteiger charge is -2.27. The highest BCUT2D eigenvalue weighted by molar-refractivity contribution is 5.97. The number of allylic oxidation sites excluding steroid dienone is 1. The highest BCUT2D eigenvalue weighted by Crippen LogP contribution is 2.41. The molecule has 7 nitrogen and oxygen atoms in total. The number of aromatic amines is 1. The largest absolute Gasteiger partial charge is 0.494 e. The molecule has 4 rings (SSSR count). The Labute approximate surface area is 173 Å². The van der Waals surface area contributed by atoms with E-state index in [4.69, 9.17) is 9.84 Å². The van der Waals surface area contributed by atoms with Gasteiger partial charge in [0.2, 0.25) is 5.91 Å². The summed E-state index contributed by atoms with van der Waals surface area (Å²) in [5.74, 6) is -1.42. The minimum Gasteiger partial charge on any atom is -0.494 e. The van der Waals surface area contributed by atoms with Crippen LogP contribution in [0.3, 0.4) is 0 Å². The van der Waals surface area contributed by atoms with Gasteiger partial charge in [0.25, 0.3) is 0 Å². The molecule has 1 heterocycles. The fourth-order valence-electron chi connectivity index (χ4n) is 3.84. The zero-order chi connectivity index (χ0) is 21.1. The zero-order valence-electron chi connectivity index (χ0n) is 16.2. The van der Waals surface area contributed by atoms with Crippen molar-refractivity contribution in [3.05, 3.63) is 65.2 Å². The van der Waals surface area contributed by atoms with Gasteiger partial charge in [-0.05, 0) is 41.7 Å². The number of carboxylic acid groups (broad SMARTS) is 1. The molecule has 30 heavy (non-hydrogen) atoms. The Kier molecular flexibility index (Phi) is 5.54. The fourth-order valence-corrected chi connectivity index (χ4v) is 3.84. The van der Waals surface area contributed by atoms with Crippen molar-refractivity contribution in [1.82, 2.24) is 10.3 Å². The lowest BCUT2D eigenvalue weighted by molar-refractivity contribution is -0.139. The fraction of sp³-hybridized carbons (Fsp3) is 0.217. The predicted octanol–water partition coefficient (Wildman–Crippen LogP) is 3.47. The van der Waals surface area contributed by atoms with Gasteiger partial charge in [-0.2, -0.15) is 0 Å². The molecular weight excluding hydrogens is 384 g/mol. The molecule has 154 valence electrons. The third-order valence-corrected chi connectivity index (χ3v) is 5.23. The molecule has 1 unspecified atom stereocenters. The number of hydrogen-bond acceptors (Lipinski definition) is 4. The number of benzene rings is 2. The number of carbonyl (C=O) groups is 2. The van der Waals surface area contributed by atoms with Gasteiger partial charge in [-0.15, -0.1) is 0 Å². The first kappa shape index (κ1) is 19.7. The summed E-state index contributed by atoms with van der Waals surface area (Å²) in [6, 6.07) is 15.6. The molecule has 1 aliphatic rings. The SMILES string of the molecule is O=C(O)CNC(=O)COC1CC/C(=C\c2c(O)[nH]c3ccccc23)c2ccccc21. The van der Waals surface area contributed by atoms with Crippen molar-refractivity contribution in [3.8, 4) is 5.88 Å². The van der Waals surface area contributed by atoms with Crippen molar-refractivity contribution in [2.24, 2.45) is 0 Å². The van der Waals surface area contributed by atoms with E-state index >= 15 is 0 Å². The first-order valence-electron chi connectivity index (χ1n) is 9.72. The number of aromatic nitrogens is 1. The van der Waals surface area contributed by atoms with Crippen LogP contribution in [0.5, 0.6) is 5.88 Å². The maximum absolute atomic E-state index is 11.8. The Hall–Kier alpha value is -3.58. The van der Waals surface area contributed by atoms with Crippen LogP contribution < -0.4 is 5.32 Å². The summed E-state index contributed by atoms with van der Waals surface area (Å²) in [6.07, 6.45) is 3.14. The summed E-state index contributed by atoms with van der Waals surface area (Å²) in [5.41, 5.74) is 4.70. The van der Waals surface area contributed by atoms with E-state index in [1.165, 1.54) is 0 Å². The second-order valence-corrected chi connectivity index (χ2v) is 7.20. The molecule has 0 spiro atoms. The van der Waals surface area contributed by atoms with Gasteiger partial charge in [0.15, 0.2) is 5.88 Å². The van der Waals surface area contributed by atoms with Crippen LogP contribution in [0, 0.1) is 0 Å². The lowest BCUT2D eigenvalue weighted by Crippen LogP contribution is -2.33. The Morgan fingerprint density at radius 1 is 1.17 bits per heavy atom. The van der Waals surface area contributed by atoms with E-state index in [9.17, 15) is 14.7 Å². The van der Waals surface area contributed by atoms with Crippen LogP contribution in [0.1, 0.15) is 35.6 Å². The predicted molar refractivity (Wildman–Crippen MR) is 113 cm³/mol. The average Bonchev–Trinajstić information content (AvgIpc) is 3.06. The molecule has 1 aliphatic carbocycles. The summed E-state index contributed by atoms with van der Waals surface area (Å²) >= 11 is 0. The van der Waals surface area contributed by atoms with Gasteiger partial charge in [0, 0.05) is 16.5 Å². The number of aromatic hydroxyl groups is 1. The van der Waals surface area contributed by atoms with Crippen LogP contribution >= 0.6 is 0 Å². The first-order valence-corrected chi connectivity index (χ1v) is 9.72. The molecule has 7 heteroatoms. The molecule has 4 N–H and O–H groups in total. The van der Waals surface area contributed by atoms with E-state index in [1.807, 2.05) is 54.6 Å². The second-order valence-electron chi connectivity index (χ2n) is 7.20. The van der Waals surface area contributed by atoms with Gasteiger partial charge in [0.1, 0.15) is 13.2 Å². The van der Waals surface area contributed by atoms with E-state index in [2.05, 4.69) is 10.3 Å². The number of nitrogens with one attached hydrogen (secondary N) is 2. The number of rotatable bonds is 6. The molecule has 2 aromatic carbocycles. The topological polar surface area (TPSA) is 112 Å². The maximum atomic E-state index is 11.8. The summed E-state index contributed by atoms with van der Waals surface area (Å²) in [5, 5.41) is 22.3. The van der Waals surface area contributed by atoms with E-state index in [-0.39, 0.29) is 18.6 Å². The second kappa shape index (κ2) is 8.42. The first-order chi connectivity index (χ1) is 14.5. The Morgan fingerprint density at radius 3 is 2.77 bits per heavy atom. The number of ether oxygens (including phenoxy) is 1. The van der Waals surface area contributed by atoms with Gasteiger partial charge < -0.3 is 25.3 Å². The van der Waals surface area contributed by atoms with Crippen LogP contribution in [0.4, 0.5) is 0 Å². The maximum Gasteiger partial charge on any atom is 0.322 e. The quantitative estimate of drug-likeness (QED) is 0.501. The molecule has 1 atom stereocenters. The molecule has 1 amide bonds. The van der Waals surface area contributed by atoms with Crippen LogP contribution in [0.15, 0.2) is 48.5 Å². The molecule has 0 saturated carbocycles. The monoisotopic (exact) mass is 406 g/mol. The molecule has 0 radical (unpaired) electrons. The molecular formula is C23H22N2O5. The van der Waals surface area contributed by atoms with Crippen molar-refractivity contribution >= 4 is 34.4 Å². The summed E-state index contributed by atoms with van der Waals surface area (Å²) in [4.78, 5) is 25.4. The van der Waals surface area contributed by atoms with Crippen LogP contribution in [0.25, 0.3) is 22.6 Å². The van der Waals surface area contributed by atoms with Gasteiger partial charge >= 0.3 is 5.97 Å². The molecule has 3 aromatic rings. The molecule has 0 bridgehead atoms. The number of para-hydroxylation sites is 1. The van der Waals surface area contributed by atoms with Crippen molar-refractivity contribution in [2.45, 2.75) is 18.9 Å². The zero-order valence-corrected chi connectivity index (χ0v) is 16.2. The highest BCUT2D eigenvalue weighted by Gasteiger charge is 2.25. The summed E-state index contributed by atoms with van der Waals surface area (Å²) in [6.45, 7) is -0.626. The Balaban J connectivity index is 1.58. The van der Waals surface area contributed by atoms with Gasteiger partial charge in [0.05, 0.1) is 6.10 Å². The van der Waals surface area contributed by atoms with Crippen LogP contribution in [0.2, 0.25) is 0 Å². The number of hydrogen-bond donors (Lipinski definition) is 4. The standard InChI is InChI=1S/C23H22N2O5/c26-21(24-12-22(27)28)13-30-20-10-9-14(15-5-1-2-7-17(15)20)11-18-16-6-3-4-8-19(16)25-23(18)29/h1-8,11,20,25,29H,9-10,12-13H2,(H,24,26)(H,27,28)/b14-11+. The minimum atomic E-state index is -1.10. The van der Waals surface area contributed by atoms with E-state index in [0.717, 1.165) is 39.6 Å². The molecule has 0 fully saturated rings. The number of H-pyrrole nitrogens is 1. The average molecular weight is 406 g/mol. The number of carboxylic acids is 1. The number of fused-ring (bicyclic) bond motifs is 2. The van der Waals surface area contributed by atoms with Crippen molar-refractivity contribution in [3.63, 3.8) is 0 Å². The molecule has 1 aromatic heterocycles. The third-order valence-electron chi connectivity index (χ3n) is 5.23. The smallest absolute Gasteiger partial charge is 0.322 e.